The average molecular weight is 357 g/mol. The van der Waals surface area contributed by atoms with E-state index in [1.165, 1.54) is 0 Å². The Morgan fingerprint density at radius 1 is 1.23 bits per heavy atom. The van der Waals surface area contributed by atoms with Gasteiger partial charge >= 0.3 is 6.03 Å². The summed E-state index contributed by atoms with van der Waals surface area (Å²) in [6.07, 6.45) is 0. The van der Waals surface area contributed by atoms with E-state index in [2.05, 4.69) is 50.4 Å². The highest BCUT2D eigenvalue weighted by Gasteiger charge is 2.23. The molecule has 3 amide bonds. The number of nitrogens with zero attached hydrogens (tertiary/aromatic N) is 2. The molecule has 0 spiro atoms. The molecular formula is C19H27N5O2. The van der Waals surface area contributed by atoms with Crippen LogP contribution in [0.25, 0.3) is 0 Å². The molecule has 140 valence electrons. The third kappa shape index (κ3) is 4.84. The fourth-order valence-corrected chi connectivity index (χ4v) is 2.63. The normalized spacial score (nSPS) is 11.5. The maximum Gasteiger partial charge on any atom is 0.316 e. The van der Waals surface area contributed by atoms with E-state index in [1.807, 2.05) is 16.8 Å². The van der Waals surface area contributed by atoms with Gasteiger partial charge in [-0.3, -0.25) is 9.48 Å². The zero-order valence-corrected chi connectivity index (χ0v) is 16.0. The summed E-state index contributed by atoms with van der Waals surface area (Å²) in [4.78, 5) is 23.5. The van der Waals surface area contributed by atoms with Gasteiger partial charge in [0.25, 0.3) is 5.91 Å². The van der Waals surface area contributed by atoms with E-state index in [4.69, 9.17) is 5.73 Å². The van der Waals surface area contributed by atoms with Crippen molar-refractivity contribution in [3.63, 3.8) is 0 Å². The zero-order chi connectivity index (χ0) is 19.5. The number of carbonyl (C=O) groups is 2. The Balaban J connectivity index is 2.12. The van der Waals surface area contributed by atoms with Gasteiger partial charge in [-0.15, -0.1) is 0 Å². The fourth-order valence-electron chi connectivity index (χ4n) is 2.63. The van der Waals surface area contributed by atoms with Crippen LogP contribution in [-0.4, -0.2) is 21.7 Å². The lowest BCUT2D eigenvalue weighted by atomic mass is 10.1. The number of hydrogen-bond acceptors (Lipinski definition) is 3. The zero-order valence-electron chi connectivity index (χ0n) is 16.0. The summed E-state index contributed by atoms with van der Waals surface area (Å²) < 4.78 is 1.91. The van der Waals surface area contributed by atoms with Crippen LogP contribution in [0.4, 0.5) is 10.5 Å². The number of anilines is 1. The van der Waals surface area contributed by atoms with Crippen LogP contribution in [0.3, 0.4) is 0 Å². The first-order valence-electron chi connectivity index (χ1n) is 8.62. The van der Waals surface area contributed by atoms with E-state index < -0.39 is 6.03 Å². The van der Waals surface area contributed by atoms with Crippen LogP contribution >= 0.6 is 0 Å². The van der Waals surface area contributed by atoms with Gasteiger partial charge in [0, 0.05) is 17.9 Å². The molecule has 7 nitrogen and oxygen atoms in total. The lowest BCUT2D eigenvalue weighted by Gasteiger charge is -2.23. The Morgan fingerprint density at radius 3 is 2.46 bits per heavy atom. The van der Waals surface area contributed by atoms with Crippen LogP contribution in [-0.2, 0) is 12.1 Å². The second-order valence-corrected chi connectivity index (χ2v) is 7.56. The molecule has 0 aliphatic rings. The predicted octanol–water partition coefficient (Wildman–Crippen LogP) is 3.18. The SMILES string of the molecule is CC(C)c1cc(C(=O)NCc2cccc(NC(N)=O)c2)nn1C(C)(C)C. The van der Waals surface area contributed by atoms with Crippen molar-refractivity contribution < 1.29 is 9.59 Å². The second kappa shape index (κ2) is 7.59. The molecule has 0 aliphatic carbocycles. The molecule has 1 aromatic carbocycles. The van der Waals surface area contributed by atoms with Crippen molar-refractivity contribution in [3.8, 4) is 0 Å². The van der Waals surface area contributed by atoms with Crippen molar-refractivity contribution in [2.24, 2.45) is 5.73 Å². The summed E-state index contributed by atoms with van der Waals surface area (Å²) >= 11 is 0. The third-order valence-electron chi connectivity index (χ3n) is 3.84. The van der Waals surface area contributed by atoms with Crippen LogP contribution < -0.4 is 16.4 Å². The number of nitrogens with two attached hydrogens (primary N) is 1. The monoisotopic (exact) mass is 357 g/mol. The molecule has 0 radical (unpaired) electrons. The molecule has 2 rings (SSSR count). The highest BCUT2D eigenvalue weighted by Crippen LogP contribution is 2.23. The lowest BCUT2D eigenvalue weighted by Crippen LogP contribution is -2.27. The molecule has 0 unspecified atom stereocenters. The largest absolute Gasteiger partial charge is 0.351 e. The van der Waals surface area contributed by atoms with Crippen molar-refractivity contribution in [2.75, 3.05) is 5.32 Å². The molecule has 0 bridgehead atoms. The van der Waals surface area contributed by atoms with E-state index in [0.29, 0.717) is 17.9 Å². The maximum atomic E-state index is 12.5. The fraction of sp³-hybridized carbons (Fsp3) is 0.421. The van der Waals surface area contributed by atoms with Crippen molar-refractivity contribution >= 4 is 17.6 Å². The van der Waals surface area contributed by atoms with Gasteiger partial charge in [-0.25, -0.2) is 4.79 Å². The Labute approximate surface area is 154 Å². The number of aromatic nitrogens is 2. The number of urea groups is 1. The Hall–Kier alpha value is -2.83. The Kier molecular flexibility index (Phi) is 5.69. The number of nitrogens with one attached hydrogen (secondary N) is 2. The van der Waals surface area contributed by atoms with E-state index >= 15 is 0 Å². The minimum Gasteiger partial charge on any atom is -0.351 e. The average Bonchev–Trinajstić information content (AvgIpc) is 2.98. The molecule has 1 heterocycles. The van der Waals surface area contributed by atoms with Gasteiger partial charge in [0.05, 0.1) is 5.54 Å². The summed E-state index contributed by atoms with van der Waals surface area (Å²) in [6, 6.07) is 8.36. The molecule has 2 aromatic rings. The summed E-state index contributed by atoms with van der Waals surface area (Å²) in [5, 5.41) is 9.89. The Bertz CT molecular complexity index is 803. The van der Waals surface area contributed by atoms with Gasteiger partial charge in [0.2, 0.25) is 0 Å². The standard InChI is InChI=1S/C19H27N5O2/c1-12(2)16-10-15(23-24(16)19(3,4)5)17(25)21-11-13-7-6-8-14(9-13)22-18(20)26/h6-10,12H,11H2,1-5H3,(H,21,25)(H3,20,22,26). The van der Waals surface area contributed by atoms with Gasteiger partial charge in [0.1, 0.15) is 5.69 Å². The van der Waals surface area contributed by atoms with E-state index in [9.17, 15) is 9.59 Å². The highest BCUT2D eigenvalue weighted by molar-refractivity contribution is 5.92. The molecular weight excluding hydrogens is 330 g/mol. The molecule has 7 heteroatoms. The van der Waals surface area contributed by atoms with Crippen molar-refractivity contribution in [3.05, 3.63) is 47.3 Å². The van der Waals surface area contributed by atoms with Gasteiger partial charge in [-0.05, 0) is 50.5 Å². The lowest BCUT2D eigenvalue weighted by molar-refractivity contribution is 0.0944. The number of carbonyl (C=O) groups excluding carboxylic acids is 2. The van der Waals surface area contributed by atoms with Crippen LogP contribution in [0.5, 0.6) is 0 Å². The summed E-state index contributed by atoms with van der Waals surface area (Å²) in [5.74, 6) is 0.0306. The van der Waals surface area contributed by atoms with E-state index in [1.54, 1.807) is 18.2 Å². The third-order valence-corrected chi connectivity index (χ3v) is 3.84. The van der Waals surface area contributed by atoms with Crippen LogP contribution in [0.1, 0.15) is 62.3 Å². The topological polar surface area (TPSA) is 102 Å². The van der Waals surface area contributed by atoms with E-state index in [-0.39, 0.29) is 17.4 Å². The minimum absolute atomic E-state index is 0.201. The molecule has 0 fully saturated rings. The second-order valence-electron chi connectivity index (χ2n) is 7.56. The molecule has 26 heavy (non-hydrogen) atoms. The predicted molar refractivity (Wildman–Crippen MR) is 102 cm³/mol. The molecule has 0 aliphatic heterocycles. The maximum absolute atomic E-state index is 12.5. The number of benzene rings is 1. The summed E-state index contributed by atoms with van der Waals surface area (Å²) in [6.45, 7) is 10.7. The first kappa shape index (κ1) is 19.5. The van der Waals surface area contributed by atoms with Crippen LogP contribution in [0.2, 0.25) is 0 Å². The number of primary amides is 1. The quantitative estimate of drug-likeness (QED) is 0.766. The van der Waals surface area contributed by atoms with Gasteiger partial charge in [0.15, 0.2) is 0 Å². The molecule has 0 saturated carbocycles. The first-order valence-corrected chi connectivity index (χ1v) is 8.62. The molecule has 4 N–H and O–H groups in total. The van der Waals surface area contributed by atoms with Gasteiger partial charge in [-0.1, -0.05) is 26.0 Å². The summed E-state index contributed by atoms with van der Waals surface area (Å²) in [7, 11) is 0. The first-order chi connectivity index (χ1) is 12.1. The molecule has 1 aromatic heterocycles. The van der Waals surface area contributed by atoms with Gasteiger partial charge in [-0.2, -0.15) is 5.10 Å². The molecule has 0 atom stereocenters. The Morgan fingerprint density at radius 2 is 1.92 bits per heavy atom. The minimum atomic E-state index is -0.625. The van der Waals surface area contributed by atoms with Crippen molar-refractivity contribution in [1.82, 2.24) is 15.1 Å². The summed E-state index contributed by atoms with van der Waals surface area (Å²) in [5.41, 5.74) is 7.78. The smallest absolute Gasteiger partial charge is 0.316 e. The van der Waals surface area contributed by atoms with Crippen LogP contribution in [0, 0.1) is 0 Å². The van der Waals surface area contributed by atoms with Gasteiger partial charge < -0.3 is 16.4 Å². The van der Waals surface area contributed by atoms with E-state index in [0.717, 1.165) is 11.3 Å². The number of amides is 3. The highest BCUT2D eigenvalue weighted by atomic mass is 16.2. The van der Waals surface area contributed by atoms with Crippen LogP contribution in [0.15, 0.2) is 30.3 Å². The van der Waals surface area contributed by atoms with Crippen molar-refractivity contribution in [1.29, 1.82) is 0 Å². The molecule has 0 saturated heterocycles. The number of rotatable bonds is 5. The number of hydrogen-bond donors (Lipinski definition) is 3. The van der Waals surface area contributed by atoms with Crippen molar-refractivity contribution in [2.45, 2.75) is 52.6 Å².